The fourth-order valence-corrected chi connectivity index (χ4v) is 0.954. The highest BCUT2D eigenvalue weighted by atomic mass is 32.2. The van der Waals surface area contributed by atoms with Gasteiger partial charge in [0.15, 0.2) is 0 Å². The number of terminal acetylenes is 1. The Kier molecular flexibility index (Phi) is 65.6. The van der Waals surface area contributed by atoms with Gasteiger partial charge in [-0.05, 0) is 20.1 Å². The molecule has 0 radical (unpaired) electrons. The highest BCUT2D eigenvalue weighted by Gasteiger charge is 1.80. The molecular formula is C13H26S. The lowest BCUT2D eigenvalue weighted by Crippen LogP contribution is -1.62. The largest absolute Gasteiger partial charge is 0.130 e. The highest BCUT2D eigenvalue weighted by Crippen LogP contribution is 2.11. The van der Waals surface area contributed by atoms with Crippen LogP contribution in [0.1, 0.15) is 41.5 Å². The summed E-state index contributed by atoms with van der Waals surface area (Å²) in [6.07, 6.45) is 16.3. The molecule has 0 aliphatic rings. The quantitative estimate of drug-likeness (QED) is 0.453. The molecule has 1 heteroatoms. The van der Waals surface area contributed by atoms with Crippen molar-refractivity contribution in [1.82, 2.24) is 0 Å². The van der Waals surface area contributed by atoms with Gasteiger partial charge in [0.25, 0.3) is 0 Å². The molecule has 0 aromatic rings. The van der Waals surface area contributed by atoms with Gasteiger partial charge in [0.1, 0.15) is 0 Å². The molecule has 0 aromatic carbocycles. The molecule has 0 heterocycles. The molecule has 0 atom stereocenters. The van der Waals surface area contributed by atoms with Gasteiger partial charge in [-0.2, -0.15) is 0 Å². The van der Waals surface area contributed by atoms with Crippen LogP contribution in [0, 0.1) is 12.8 Å². The van der Waals surface area contributed by atoms with Crippen LogP contribution in [0.5, 0.6) is 0 Å². The molecule has 0 aliphatic heterocycles. The molecule has 0 rings (SSSR count). The Morgan fingerprint density at radius 2 is 1.36 bits per heavy atom. The van der Waals surface area contributed by atoms with Crippen molar-refractivity contribution in [2.45, 2.75) is 41.5 Å². The summed E-state index contributed by atoms with van der Waals surface area (Å²) < 4.78 is 0. The number of allylic oxidation sites excluding steroid dienone is 3. The van der Waals surface area contributed by atoms with Crippen molar-refractivity contribution < 1.29 is 0 Å². The molecule has 0 bridgehead atoms. The first-order chi connectivity index (χ1) is 6.85. The van der Waals surface area contributed by atoms with Crippen LogP contribution in [0.2, 0.25) is 0 Å². The van der Waals surface area contributed by atoms with Crippen LogP contribution < -0.4 is 0 Å². The molecule has 84 valence electrons. The van der Waals surface area contributed by atoms with Crippen LogP contribution in [-0.2, 0) is 0 Å². The van der Waals surface area contributed by atoms with E-state index in [0.717, 1.165) is 0 Å². The van der Waals surface area contributed by atoms with Crippen LogP contribution in [0.4, 0.5) is 0 Å². The standard InChI is InChI=1S/C7H12S.2C2H6.C2H2/c1-4-6-7(5-2)8-3;3*1-2/h4-6H,1-3H3;2*1-2H3;1-2H/b6-4-,7-5+;;;. The van der Waals surface area contributed by atoms with Gasteiger partial charge < -0.3 is 0 Å². The third-order valence-electron chi connectivity index (χ3n) is 0.851. The van der Waals surface area contributed by atoms with Gasteiger partial charge >= 0.3 is 0 Å². The average Bonchev–Trinajstić information content (AvgIpc) is 2.33. The van der Waals surface area contributed by atoms with Crippen LogP contribution >= 0.6 is 11.8 Å². The van der Waals surface area contributed by atoms with E-state index >= 15 is 0 Å². The third kappa shape index (κ3) is 30.1. The second kappa shape index (κ2) is 39.4. The zero-order valence-corrected chi connectivity index (χ0v) is 11.6. The zero-order valence-electron chi connectivity index (χ0n) is 10.8. The predicted octanol–water partition coefficient (Wildman–Crippen LogP) is 5.13. The van der Waals surface area contributed by atoms with Gasteiger partial charge in [-0.15, -0.1) is 24.6 Å². The van der Waals surface area contributed by atoms with Crippen LogP contribution in [0.15, 0.2) is 23.1 Å². The molecule has 0 N–H and O–H groups in total. The fourth-order valence-electron chi connectivity index (χ4n) is 0.446. The lowest BCUT2D eigenvalue weighted by Gasteiger charge is -1.89. The van der Waals surface area contributed by atoms with E-state index in [0.29, 0.717) is 0 Å². The van der Waals surface area contributed by atoms with Crippen molar-refractivity contribution in [2.24, 2.45) is 0 Å². The van der Waals surface area contributed by atoms with E-state index in [2.05, 4.69) is 31.3 Å². The summed E-state index contributed by atoms with van der Waals surface area (Å²) in [5.74, 6) is 0. The molecule has 0 nitrogen and oxygen atoms in total. The summed E-state index contributed by atoms with van der Waals surface area (Å²) in [4.78, 5) is 1.33. The average molecular weight is 214 g/mol. The number of thioether (sulfide) groups is 1. The summed E-state index contributed by atoms with van der Waals surface area (Å²) >= 11 is 1.77. The Balaban J connectivity index is -0.0000000708. The maximum Gasteiger partial charge on any atom is 0.00231 e. The van der Waals surface area contributed by atoms with E-state index in [1.165, 1.54) is 4.91 Å². The van der Waals surface area contributed by atoms with Crippen molar-refractivity contribution in [1.29, 1.82) is 0 Å². The lowest BCUT2D eigenvalue weighted by atomic mass is 10.4. The number of hydrogen-bond acceptors (Lipinski definition) is 1. The minimum absolute atomic E-state index is 1.33. The Bertz CT molecular complexity index is 127. The SMILES string of the molecule is C#C.C/C=C\C(=C/C)SC.CC.CC. The van der Waals surface area contributed by atoms with E-state index in [1.54, 1.807) is 11.8 Å². The van der Waals surface area contributed by atoms with Gasteiger partial charge in [-0.3, -0.25) is 0 Å². The van der Waals surface area contributed by atoms with Gasteiger partial charge in [0.2, 0.25) is 0 Å². The molecule has 0 unspecified atom stereocenters. The minimum atomic E-state index is 1.33. The molecule has 0 spiro atoms. The molecular weight excluding hydrogens is 188 g/mol. The van der Waals surface area contributed by atoms with Crippen molar-refractivity contribution in [3.8, 4) is 12.8 Å². The predicted molar refractivity (Wildman–Crippen MR) is 74.7 cm³/mol. The van der Waals surface area contributed by atoms with E-state index in [4.69, 9.17) is 0 Å². The van der Waals surface area contributed by atoms with Crippen LogP contribution in [-0.4, -0.2) is 6.26 Å². The molecule has 0 amide bonds. The van der Waals surface area contributed by atoms with Crippen molar-refractivity contribution in [3.63, 3.8) is 0 Å². The smallest absolute Gasteiger partial charge is 0.00231 e. The van der Waals surface area contributed by atoms with E-state index in [9.17, 15) is 0 Å². The molecule has 0 saturated carbocycles. The second-order valence-electron chi connectivity index (χ2n) is 1.40. The zero-order chi connectivity index (χ0) is 12.4. The lowest BCUT2D eigenvalue weighted by molar-refractivity contribution is 1.50. The van der Waals surface area contributed by atoms with Gasteiger partial charge in [-0.25, -0.2) is 0 Å². The number of hydrogen-bond donors (Lipinski definition) is 0. The van der Waals surface area contributed by atoms with Gasteiger partial charge in [0, 0.05) is 4.91 Å². The Labute approximate surface area is 95.9 Å². The highest BCUT2D eigenvalue weighted by molar-refractivity contribution is 8.02. The van der Waals surface area contributed by atoms with Crippen LogP contribution in [0.25, 0.3) is 0 Å². The maximum absolute atomic E-state index is 4.00. The van der Waals surface area contributed by atoms with Gasteiger partial charge in [-0.1, -0.05) is 45.9 Å². The molecule has 14 heavy (non-hydrogen) atoms. The molecule has 0 aromatic heterocycles. The van der Waals surface area contributed by atoms with Crippen LogP contribution in [0.3, 0.4) is 0 Å². The Hall–Kier alpha value is -0.610. The minimum Gasteiger partial charge on any atom is -0.130 e. The first-order valence-corrected chi connectivity index (χ1v) is 6.24. The Morgan fingerprint density at radius 1 is 1.00 bits per heavy atom. The second-order valence-corrected chi connectivity index (χ2v) is 2.27. The normalized spacial score (nSPS) is 8.50. The van der Waals surface area contributed by atoms with Crippen molar-refractivity contribution in [2.75, 3.05) is 6.26 Å². The summed E-state index contributed by atoms with van der Waals surface area (Å²) in [6.45, 7) is 12.1. The Morgan fingerprint density at radius 3 is 1.43 bits per heavy atom. The number of rotatable bonds is 2. The summed E-state index contributed by atoms with van der Waals surface area (Å²) in [5, 5.41) is 0. The van der Waals surface area contributed by atoms with Crippen molar-refractivity contribution in [3.05, 3.63) is 23.1 Å². The molecule has 0 aliphatic carbocycles. The maximum atomic E-state index is 4.00. The van der Waals surface area contributed by atoms with Gasteiger partial charge in [0.05, 0.1) is 0 Å². The van der Waals surface area contributed by atoms with E-state index < -0.39 is 0 Å². The summed E-state index contributed by atoms with van der Waals surface area (Å²) in [6, 6.07) is 0. The first kappa shape index (κ1) is 23.3. The first-order valence-electron chi connectivity index (χ1n) is 5.01. The molecule has 0 fully saturated rings. The third-order valence-corrected chi connectivity index (χ3v) is 1.69. The van der Waals surface area contributed by atoms with E-state index in [-0.39, 0.29) is 0 Å². The summed E-state index contributed by atoms with van der Waals surface area (Å²) in [7, 11) is 0. The summed E-state index contributed by atoms with van der Waals surface area (Å²) in [5.41, 5.74) is 0. The topological polar surface area (TPSA) is 0 Å². The monoisotopic (exact) mass is 214 g/mol. The van der Waals surface area contributed by atoms with Crippen molar-refractivity contribution >= 4 is 11.8 Å². The van der Waals surface area contributed by atoms with E-state index in [1.807, 2.05) is 47.6 Å². The molecule has 0 saturated heterocycles. The fraction of sp³-hybridized carbons (Fsp3) is 0.538.